The average Bonchev–Trinajstić information content (AvgIpc) is 1.72. The fraction of sp³-hybridized carbons (Fsp3) is 1.00. The largest absolute Gasteiger partial charge is 0.395 e. The summed E-state index contributed by atoms with van der Waals surface area (Å²) in [7, 11) is 0. The molecule has 0 aromatic heterocycles. The summed E-state index contributed by atoms with van der Waals surface area (Å²) in [5.41, 5.74) is 0. The third-order valence-corrected chi connectivity index (χ3v) is 2.14. The van der Waals surface area contributed by atoms with Gasteiger partial charge in [-0.15, -0.1) is 0 Å². The molecule has 0 bridgehead atoms. The Labute approximate surface area is 49.1 Å². The van der Waals surface area contributed by atoms with Crippen molar-refractivity contribution in [3.05, 3.63) is 0 Å². The van der Waals surface area contributed by atoms with Gasteiger partial charge >= 0.3 is 0 Å². The maximum atomic E-state index is 8.51. The third-order valence-electron chi connectivity index (χ3n) is 0.992. The molecule has 0 saturated heterocycles. The first-order valence-electron chi connectivity index (χ1n) is 2.48. The molecule has 0 aromatic rings. The smallest absolute Gasteiger partial charge is 0.0549 e. The van der Waals surface area contributed by atoms with Crippen LogP contribution in [0.5, 0.6) is 0 Å². The van der Waals surface area contributed by atoms with Gasteiger partial charge in [-0.1, -0.05) is 6.92 Å². The highest BCUT2D eigenvalue weighted by atomic mass is 32.2. The lowest BCUT2D eigenvalue weighted by atomic mass is 10.3. The first-order valence-corrected chi connectivity index (χ1v) is 3.77. The minimum absolute atomic E-state index is 0.317. The van der Waals surface area contributed by atoms with E-state index in [0.717, 1.165) is 6.42 Å². The van der Waals surface area contributed by atoms with E-state index in [-0.39, 0.29) is 0 Å². The minimum atomic E-state index is 0.317. The van der Waals surface area contributed by atoms with Gasteiger partial charge in [0.1, 0.15) is 0 Å². The van der Waals surface area contributed by atoms with Crippen LogP contribution < -0.4 is 0 Å². The summed E-state index contributed by atoms with van der Waals surface area (Å²) in [6, 6.07) is 0. The topological polar surface area (TPSA) is 20.2 Å². The van der Waals surface area contributed by atoms with Crippen LogP contribution in [0.1, 0.15) is 13.3 Å². The first-order chi connectivity index (χ1) is 3.35. The van der Waals surface area contributed by atoms with Crippen molar-refractivity contribution in [1.29, 1.82) is 0 Å². The second-order valence-electron chi connectivity index (χ2n) is 1.45. The van der Waals surface area contributed by atoms with E-state index in [1.54, 1.807) is 11.8 Å². The quantitative estimate of drug-likeness (QED) is 0.602. The van der Waals surface area contributed by atoms with Crippen molar-refractivity contribution < 1.29 is 5.11 Å². The van der Waals surface area contributed by atoms with Gasteiger partial charge in [-0.25, -0.2) is 0 Å². The Morgan fingerprint density at radius 3 is 2.29 bits per heavy atom. The molecule has 0 heterocycles. The van der Waals surface area contributed by atoms with Gasteiger partial charge in [-0.05, 0) is 12.7 Å². The van der Waals surface area contributed by atoms with E-state index in [1.165, 1.54) is 0 Å². The van der Waals surface area contributed by atoms with E-state index in [0.29, 0.717) is 11.9 Å². The van der Waals surface area contributed by atoms with Crippen LogP contribution in [0.15, 0.2) is 0 Å². The molecule has 0 fully saturated rings. The van der Waals surface area contributed by atoms with Crippen molar-refractivity contribution in [1.82, 2.24) is 0 Å². The summed E-state index contributed by atoms with van der Waals surface area (Å²) in [6.07, 6.45) is 3.09. The molecular weight excluding hydrogens is 108 g/mol. The van der Waals surface area contributed by atoms with Crippen molar-refractivity contribution in [2.45, 2.75) is 18.6 Å². The highest BCUT2D eigenvalue weighted by molar-refractivity contribution is 7.99. The SMILES string of the molecule is CCC(CO)SC. The number of aliphatic hydroxyl groups is 1. The average molecular weight is 120 g/mol. The molecule has 0 aliphatic rings. The van der Waals surface area contributed by atoms with Gasteiger partial charge in [0.2, 0.25) is 0 Å². The van der Waals surface area contributed by atoms with Crippen LogP contribution in [0.25, 0.3) is 0 Å². The molecule has 0 radical (unpaired) electrons. The van der Waals surface area contributed by atoms with Crippen molar-refractivity contribution in [2.24, 2.45) is 0 Å². The molecule has 2 heteroatoms. The van der Waals surface area contributed by atoms with Crippen LogP contribution in [0, 0.1) is 0 Å². The summed E-state index contributed by atoms with van der Waals surface area (Å²) in [6.45, 7) is 2.40. The minimum Gasteiger partial charge on any atom is -0.395 e. The van der Waals surface area contributed by atoms with Gasteiger partial charge in [-0.3, -0.25) is 0 Å². The number of hydrogen-bond acceptors (Lipinski definition) is 2. The number of rotatable bonds is 3. The summed E-state index contributed by atoms with van der Waals surface area (Å²) in [5.74, 6) is 0. The number of hydrogen-bond donors (Lipinski definition) is 1. The van der Waals surface area contributed by atoms with Crippen molar-refractivity contribution in [3.8, 4) is 0 Å². The van der Waals surface area contributed by atoms with Gasteiger partial charge in [0.15, 0.2) is 0 Å². The van der Waals surface area contributed by atoms with Gasteiger partial charge in [-0.2, -0.15) is 11.8 Å². The van der Waals surface area contributed by atoms with Gasteiger partial charge in [0, 0.05) is 5.25 Å². The zero-order valence-corrected chi connectivity index (χ0v) is 5.66. The lowest BCUT2D eigenvalue weighted by molar-refractivity contribution is 0.293. The predicted octanol–water partition coefficient (Wildman–Crippen LogP) is 1.12. The monoisotopic (exact) mass is 120 g/mol. The highest BCUT2D eigenvalue weighted by Crippen LogP contribution is 2.07. The van der Waals surface area contributed by atoms with Crippen LogP contribution >= 0.6 is 11.8 Å². The molecule has 1 atom stereocenters. The molecule has 0 spiro atoms. The fourth-order valence-corrected chi connectivity index (χ4v) is 0.853. The summed E-state index contributed by atoms with van der Waals surface area (Å²) in [4.78, 5) is 0. The second kappa shape index (κ2) is 4.47. The summed E-state index contributed by atoms with van der Waals surface area (Å²) >= 11 is 1.72. The zero-order valence-electron chi connectivity index (χ0n) is 4.85. The Balaban J connectivity index is 2.99. The number of aliphatic hydroxyl groups excluding tert-OH is 1. The van der Waals surface area contributed by atoms with Crippen molar-refractivity contribution in [2.75, 3.05) is 12.9 Å². The number of thioether (sulfide) groups is 1. The Morgan fingerprint density at radius 2 is 2.29 bits per heavy atom. The van der Waals surface area contributed by atoms with Crippen LogP contribution in [0.3, 0.4) is 0 Å². The molecule has 0 aromatic carbocycles. The van der Waals surface area contributed by atoms with Gasteiger partial charge < -0.3 is 5.11 Å². The van der Waals surface area contributed by atoms with E-state index in [2.05, 4.69) is 6.92 Å². The lowest BCUT2D eigenvalue weighted by Crippen LogP contribution is -2.04. The van der Waals surface area contributed by atoms with Crippen LogP contribution in [0.2, 0.25) is 0 Å². The van der Waals surface area contributed by atoms with E-state index in [1.807, 2.05) is 6.26 Å². The lowest BCUT2D eigenvalue weighted by Gasteiger charge is -2.04. The standard InChI is InChI=1S/C5H12OS/c1-3-5(4-6)7-2/h5-6H,3-4H2,1-2H3. The maximum absolute atomic E-state index is 8.51. The Hall–Kier alpha value is 0.310. The van der Waals surface area contributed by atoms with E-state index < -0.39 is 0 Å². The molecule has 0 rings (SSSR count). The van der Waals surface area contributed by atoms with E-state index in [9.17, 15) is 0 Å². The van der Waals surface area contributed by atoms with Crippen LogP contribution in [-0.4, -0.2) is 23.2 Å². The third kappa shape index (κ3) is 2.94. The summed E-state index contributed by atoms with van der Waals surface area (Å²) in [5, 5.41) is 8.96. The molecule has 1 nitrogen and oxygen atoms in total. The zero-order chi connectivity index (χ0) is 5.70. The van der Waals surface area contributed by atoms with Crippen LogP contribution in [0.4, 0.5) is 0 Å². The molecule has 0 amide bonds. The van der Waals surface area contributed by atoms with Gasteiger partial charge in [0.05, 0.1) is 6.61 Å². The predicted molar refractivity (Wildman–Crippen MR) is 34.7 cm³/mol. The molecule has 0 aliphatic heterocycles. The first kappa shape index (κ1) is 7.31. The molecule has 44 valence electrons. The van der Waals surface area contributed by atoms with Crippen LogP contribution in [-0.2, 0) is 0 Å². The second-order valence-corrected chi connectivity index (χ2v) is 2.59. The Bertz CT molecular complexity index is 29.6. The summed E-state index contributed by atoms with van der Waals surface area (Å²) < 4.78 is 0. The normalized spacial score (nSPS) is 14.1. The molecule has 1 N–H and O–H groups in total. The Morgan fingerprint density at radius 1 is 1.71 bits per heavy atom. The fourth-order valence-electron chi connectivity index (χ4n) is 0.370. The maximum Gasteiger partial charge on any atom is 0.0549 e. The van der Waals surface area contributed by atoms with Gasteiger partial charge in [0.25, 0.3) is 0 Å². The molecule has 1 unspecified atom stereocenters. The molecule has 0 aliphatic carbocycles. The van der Waals surface area contributed by atoms with Crippen molar-refractivity contribution in [3.63, 3.8) is 0 Å². The highest BCUT2D eigenvalue weighted by Gasteiger charge is 1.97. The van der Waals surface area contributed by atoms with E-state index in [4.69, 9.17) is 5.11 Å². The molecule has 0 saturated carbocycles. The molecule has 7 heavy (non-hydrogen) atoms. The van der Waals surface area contributed by atoms with Crippen molar-refractivity contribution >= 4 is 11.8 Å². The van der Waals surface area contributed by atoms with E-state index >= 15 is 0 Å². The molecular formula is C5H12OS. The Kier molecular flexibility index (Phi) is 4.67.